The van der Waals surface area contributed by atoms with Crippen LogP contribution in [-0.4, -0.2) is 52.3 Å². The van der Waals surface area contributed by atoms with E-state index in [1.54, 1.807) is 34.0 Å². The number of hydrogen-bond donors (Lipinski definition) is 1. The smallest absolute Gasteiger partial charge is 0.272 e. The number of nitrogens with two attached hydrogens (primary N) is 1. The topological polar surface area (TPSA) is 104 Å². The van der Waals surface area contributed by atoms with E-state index in [9.17, 15) is 9.59 Å². The minimum Gasteiger partial charge on any atom is -0.463 e. The zero-order valence-corrected chi connectivity index (χ0v) is 14.4. The summed E-state index contributed by atoms with van der Waals surface area (Å²) in [6, 6.07) is 14.6. The standard InChI is InChI=1S/C19H18N4O4/c20-18(24)17-12-22(8-10-27-17)19(25)15-11-14(16-7-4-9-26-16)21-23(15)13-5-2-1-3-6-13/h1-7,9,11,17H,8,10,12H2,(H2,20,24). The predicted molar refractivity (Wildman–Crippen MR) is 96.1 cm³/mol. The molecule has 1 fully saturated rings. The van der Waals surface area contributed by atoms with Crippen molar-refractivity contribution < 1.29 is 18.7 Å². The van der Waals surface area contributed by atoms with Crippen molar-refractivity contribution in [3.8, 4) is 17.1 Å². The van der Waals surface area contributed by atoms with E-state index in [4.69, 9.17) is 14.9 Å². The van der Waals surface area contributed by atoms with E-state index in [0.717, 1.165) is 5.69 Å². The third-order valence-corrected chi connectivity index (χ3v) is 4.37. The summed E-state index contributed by atoms with van der Waals surface area (Å²) >= 11 is 0. The van der Waals surface area contributed by atoms with Gasteiger partial charge in [0, 0.05) is 12.6 Å². The van der Waals surface area contributed by atoms with Crippen LogP contribution < -0.4 is 5.73 Å². The van der Waals surface area contributed by atoms with Crippen molar-refractivity contribution in [3.05, 3.63) is 60.5 Å². The first-order chi connectivity index (χ1) is 13.1. The monoisotopic (exact) mass is 366 g/mol. The van der Waals surface area contributed by atoms with Gasteiger partial charge in [-0.25, -0.2) is 4.68 Å². The normalized spacial score (nSPS) is 17.0. The average molecular weight is 366 g/mol. The average Bonchev–Trinajstić information content (AvgIpc) is 3.38. The fourth-order valence-corrected chi connectivity index (χ4v) is 3.01. The highest BCUT2D eigenvalue weighted by molar-refractivity contribution is 5.95. The van der Waals surface area contributed by atoms with Crippen LogP contribution in [0.3, 0.4) is 0 Å². The minimum absolute atomic E-state index is 0.115. The minimum atomic E-state index is -0.805. The van der Waals surface area contributed by atoms with Gasteiger partial charge < -0.3 is 19.8 Å². The van der Waals surface area contributed by atoms with Gasteiger partial charge in [-0.05, 0) is 24.3 Å². The van der Waals surface area contributed by atoms with E-state index >= 15 is 0 Å². The molecule has 0 saturated carbocycles. The van der Waals surface area contributed by atoms with Crippen LogP contribution in [-0.2, 0) is 9.53 Å². The molecule has 1 unspecified atom stereocenters. The number of ether oxygens (including phenoxy) is 1. The molecule has 3 heterocycles. The van der Waals surface area contributed by atoms with Gasteiger partial charge in [-0.1, -0.05) is 18.2 Å². The summed E-state index contributed by atoms with van der Waals surface area (Å²) in [5.74, 6) is -0.269. The molecule has 1 aliphatic heterocycles. The summed E-state index contributed by atoms with van der Waals surface area (Å²) in [5, 5.41) is 4.55. The summed E-state index contributed by atoms with van der Waals surface area (Å²) in [4.78, 5) is 26.2. The number of hydrogen-bond acceptors (Lipinski definition) is 5. The third-order valence-electron chi connectivity index (χ3n) is 4.37. The SMILES string of the molecule is NC(=O)C1CN(C(=O)c2cc(-c3ccco3)nn2-c2ccccc2)CCO1. The Kier molecular flexibility index (Phi) is 4.47. The predicted octanol–water partition coefficient (Wildman–Crippen LogP) is 1.46. The van der Waals surface area contributed by atoms with Crippen molar-refractivity contribution in [2.75, 3.05) is 19.7 Å². The van der Waals surface area contributed by atoms with Gasteiger partial charge in [-0.3, -0.25) is 9.59 Å². The molecule has 3 aromatic rings. The highest BCUT2D eigenvalue weighted by atomic mass is 16.5. The molecule has 0 bridgehead atoms. The summed E-state index contributed by atoms with van der Waals surface area (Å²) in [6.07, 6.45) is 0.748. The van der Waals surface area contributed by atoms with E-state index in [2.05, 4.69) is 5.10 Å². The van der Waals surface area contributed by atoms with Gasteiger partial charge in [0.2, 0.25) is 5.91 Å². The second-order valence-corrected chi connectivity index (χ2v) is 6.15. The van der Waals surface area contributed by atoms with Gasteiger partial charge >= 0.3 is 0 Å². The second kappa shape index (κ2) is 7.08. The lowest BCUT2D eigenvalue weighted by Gasteiger charge is -2.31. The largest absolute Gasteiger partial charge is 0.463 e. The number of furan rings is 1. The van der Waals surface area contributed by atoms with Crippen molar-refractivity contribution in [2.45, 2.75) is 6.10 Å². The van der Waals surface area contributed by atoms with Gasteiger partial charge in [0.25, 0.3) is 5.91 Å². The first kappa shape index (κ1) is 17.0. The van der Waals surface area contributed by atoms with Crippen LogP contribution in [0.5, 0.6) is 0 Å². The number of amides is 2. The van der Waals surface area contributed by atoms with Crippen LogP contribution >= 0.6 is 0 Å². The lowest BCUT2D eigenvalue weighted by molar-refractivity contribution is -0.133. The molecule has 2 aromatic heterocycles. The zero-order chi connectivity index (χ0) is 18.8. The van der Waals surface area contributed by atoms with Crippen molar-refractivity contribution in [2.24, 2.45) is 5.73 Å². The maximum atomic E-state index is 13.2. The molecule has 0 aliphatic carbocycles. The molecule has 27 heavy (non-hydrogen) atoms. The number of nitrogens with zero attached hydrogens (tertiary/aromatic N) is 3. The maximum Gasteiger partial charge on any atom is 0.272 e. The zero-order valence-electron chi connectivity index (χ0n) is 14.4. The fourth-order valence-electron chi connectivity index (χ4n) is 3.01. The van der Waals surface area contributed by atoms with Gasteiger partial charge in [0.1, 0.15) is 11.4 Å². The number of benzene rings is 1. The number of para-hydroxylation sites is 1. The van der Waals surface area contributed by atoms with Gasteiger partial charge in [-0.2, -0.15) is 5.10 Å². The lowest BCUT2D eigenvalue weighted by Crippen LogP contribution is -2.50. The van der Waals surface area contributed by atoms with E-state index in [0.29, 0.717) is 23.7 Å². The Morgan fingerprint density at radius 2 is 1.96 bits per heavy atom. The second-order valence-electron chi connectivity index (χ2n) is 6.15. The van der Waals surface area contributed by atoms with Gasteiger partial charge in [0.05, 0.1) is 25.1 Å². The number of primary amides is 1. The number of carbonyl (C=O) groups excluding carboxylic acids is 2. The first-order valence-electron chi connectivity index (χ1n) is 8.53. The van der Waals surface area contributed by atoms with Crippen molar-refractivity contribution in [3.63, 3.8) is 0 Å². The molecular formula is C19H18N4O4. The number of carbonyl (C=O) groups is 2. The molecule has 1 aromatic carbocycles. The van der Waals surface area contributed by atoms with E-state index in [1.807, 2.05) is 30.3 Å². The van der Waals surface area contributed by atoms with Crippen molar-refractivity contribution >= 4 is 11.8 Å². The van der Waals surface area contributed by atoms with Gasteiger partial charge in [-0.15, -0.1) is 0 Å². The van der Waals surface area contributed by atoms with E-state index in [1.165, 1.54) is 0 Å². The summed E-state index contributed by atoms with van der Waals surface area (Å²) in [7, 11) is 0. The first-order valence-corrected chi connectivity index (χ1v) is 8.53. The van der Waals surface area contributed by atoms with Crippen LogP contribution in [0.4, 0.5) is 0 Å². The molecule has 0 radical (unpaired) electrons. The molecule has 8 heteroatoms. The molecular weight excluding hydrogens is 348 g/mol. The highest BCUT2D eigenvalue weighted by Crippen LogP contribution is 2.23. The maximum absolute atomic E-state index is 13.2. The Morgan fingerprint density at radius 1 is 1.15 bits per heavy atom. The highest BCUT2D eigenvalue weighted by Gasteiger charge is 2.30. The molecule has 8 nitrogen and oxygen atoms in total. The molecule has 4 rings (SSSR count). The van der Waals surface area contributed by atoms with Gasteiger partial charge in [0.15, 0.2) is 11.9 Å². The van der Waals surface area contributed by atoms with Crippen LogP contribution in [0.2, 0.25) is 0 Å². The Bertz CT molecular complexity index is 950. The van der Waals surface area contributed by atoms with E-state index < -0.39 is 12.0 Å². The number of aromatic nitrogens is 2. The molecule has 2 N–H and O–H groups in total. The molecule has 1 atom stereocenters. The quantitative estimate of drug-likeness (QED) is 0.753. The molecule has 138 valence electrons. The number of rotatable bonds is 4. The summed E-state index contributed by atoms with van der Waals surface area (Å²) < 4.78 is 12.3. The van der Waals surface area contributed by atoms with E-state index in [-0.39, 0.29) is 19.1 Å². The Balaban J connectivity index is 1.72. The Labute approximate surface area is 155 Å². The Hall–Kier alpha value is -3.39. The third kappa shape index (κ3) is 3.34. The summed E-state index contributed by atoms with van der Waals surface area (Å²) in [5.41, 5.74) is 7.00. The van der Waals surface area contributed by atoms with Crippen LogP contribution in [0.1, 0.15) is 10.5 Å². The number of morpholine rings is 1. The summed E-state index contributed by atoms with van der Waals surface area (Å²) in [6.45, 7) is 0.743. The molecule has 2 amide bonds. The van der Waals surface area contributed by atoms with Crippen molar-refractivity contribution in [1.82, 2.24) is 14.7 Å². The molecule has 1 saturated heterocycles. The van der Waals surface area contributed by atoms with Crippen LogP contribution in [0.15, 0.2) is 59.2 Å². The van der Waals surface area contributed by atoms with Crippen LogP contribution in [0.25, 0.3) is 17.1 Å². The Morgan fingerprint density at radius 3 is 2.67 bits per heavy atom. The lowest BCUT2D eigenvalue weighted by atomic mass is 10.2. The molecule has 0 spiro atoms. The fraction of sp³-hybridized carbons (Fsp3) is 0.211. The van der Waals surface area contributed by atoms with Crippen molar-refractivity contribution in [1.29, 1.82) is 0 Å². The van der Waals surface area contributed by atoms with Crippen LogP contribution in [0, 0.1) is 0 Å². The molecule has 1 aliphatic rings.